The summed E-state index contributed by atoms with van der Waals surface area (Å²) in [4.78, 5) is 0. The van der Waals surface area contributed by atoms with Gasteiger partial charge in [-0.05, 0) is 56.2 Å². The Morgan fingerprint density at radius 1 is 1.00 bits per heavy atom. The highest BCUT2D eigenvalue weighted by Gasteiger charge is 2.54. The van der Waals surface area contributed by atoms with E-state index in [0.717, 1.165) is 68.2 Å². The summed E-state index contributed by atoms with van der Waals surface area (Å²) in [6, 6.07) is 21.6. The summed E-state index contributed by atoms with van der Waals surface area (Å²) in [6.07, 6.45) is 5.89. The lowest BCUT2D eigenvalue weighted by Crippen LogP contribution is -3.00. The zero-order valence-electron chi connectivity index (χ0n) is 25.4. The van der Waals surface area contributed by atoms with Gasteiger partial charge in [0, 0.05) is 56.5 Å². The van der Waals surface area contributed by atoms with Crippen LogP contribution in [0.2, 0.25) is 0 Å². The third kappa shape index (κ3) is 6.77. The number of fused-ring (bicyclic) bond motifs is 4. The average molecular weight is 852 g/mol. The van der Waals surface area contributed by atoms with E-state index in [9.17, 15) is 5.11 Å². The molecule has 0 aliphatic carbocycles. The summed E-state index contributed by atoms with van der Waals surface area (Å²) in [5.41, 5.74) is 7.12. The first-order valence-electron chi connectivity index (χ1n) is 14.9. The summed E-state index contributed by atoms with van der Waals surface area (Å²) in [5.74, 6) is 1.85. The molecule has 3 aliphatic heterocycles. The van der Waals surface area contributed by atoms with Crippen LogP contribution in [-0.2, 0) is 13.1 Å². The van der Waals surface area contributed by atoms with Crippen LogP contribution < -0.4 is 43.3 Å². The predicted octanol–water partition coefficient (Wildman–Crippen LogP) is 1.98. The zero-order chi connectivity index (χ0) is 29.6. The number of quaternary nitrogens is 1. The van der Waals surface area contributed by atoms with Gasteiger partial charge in [0.2, 0.25) is 5.52 Å². The van der Waals surface area contributed by atoms with Crippen molar-refractivity contribution in [1.82, 2.24) is 0 Å². The summed E-state index contributed by atoms with van der Waals surface area (Å²) in [7, 11) is 1.71. The minimum atomic E-state index is -0.600. The van der Waals surface area contributed by atoms with Crippen LogP contribution in [0.25, 0.3) is 10.9 Å². The van der Waals surface area contributed by atoms with E-state index < -0.39 is 6.10 Å². The molecule has 3 saturated heterocycles. The Bertz CT molecular complexity index is 1660. The van der Waals surface area contributed by atoms with E-state index in [2.05, 4.69) is 124 Å². The Hall–Kier alpha value is -1.55. The van der Waals surface area contributed by atoms with Gasteiger partial charge < -0.3 is 48.3 Å². The number of halogens is 4. The second-order valence-electron chi connectivity index (χ2n) is 12.5. The highest BCUT2D eigenvalue weighted by molar-refractivity contribution is 9.10. The molecule has 3 fully saturated rings. The van der Waals surface area contributed by atoms with Gasteiger partial charge in [-0.3, -0.25) is 0 Å². The van der Waals surface area contributed by atoms with Gasteiger partial charge in [0.25, 0.3) is 0 Å². The number of aliphatic hydroxyl groups is 1. The minimum absolute atomic E-state index is 0. The first-order chi connectivity index (χ1) is 20.2. The monoisotopic (exact) mass is 848 g/mol. The molecular formula is C36H40Br4N2O2. The molecule has 3 unspecified atom stereocenters. The van der Waals surface area contributed by atoms with Gasteiger partial charge in [0.15, 0.2) is 12.7 Å². The molecule has 4 heterocycles. The molecule has 44 heavy (non-hydrogen) atoms. The van der Waals surface area contributed by atoms with Crippen molar-refractivity contribution in [3.63, 3.8) is 0 Å². The van der Waals surface area contributed by atoms with Gasteiger partial charge >= 0.3 is 0 Å². The summed E-state index contributed by atoms with van der Waals surface area (Å²) >= 11 is 7.59. The number of pyridine rings is 1. The van der Waals surface area contributed by atoms with Gasteiger partial charge in [-0.1, -0.05) is 61.2 Å². The lowest BCUT2D eigenvalue weighted by molar-refractivity contribution is -0.985. The number of benzene rings is 3. The van der Waals surface area contributed by atoms with Crippen LogP contribution in [0, 0.1) is 25.7 Å². The summed E-state index contributed by atoms with van der Waals surface area (Å²) in [5, 5.41) is 13.5. The molecule has 7 rings (SSSR count). The molecule has 4 nitrogen and oxygen atoms in total. The Morgan fingerprint density at radius 3 is 2.36 bits per heavy atom. The number of piperidine rings is 3. The lowest BCUT2D eigenvalue weighted by atomic mass is 9.71. The second kappa shape index (κ2) is 14.5. The van der Waals surface area contributed by atoms with E-state index in [1.165, 1.54) is 28.7 Å². The molecule has 2 bridgehead atoms. The smallest absolute Gasteiger partial charge is 0.213 e. The van der Waals surface area contributed by atoms with Gasteiger partial charge in [0.05, 0.1) is 25.6 Å². The number of rotatable bonds is 8. The maximum atomic E-state index is 12.4. The molecule has 4 aromatic rings. The summed E-state index contributed by atoms with van der Waals surface area (Å²) < 4.78 is 11.1. The number of aromatic nitrogens is 1. The number of aliphatic hydroxyl groups excluding tert-OH is 1. The molecule has 5 atom stereocenters. The second-order valence-corrected chi connectivity index (χ2v) is 14.2. The van der Waals surface area contributed by atoms with Crippen LogP contribution >= 0.6 is 31.9 Å². The Labute approximate surface area is 299 Å². The van der Waals surface area contributed by atoms with Crippen LogP contribution in [0.3, 0.4) is 0 Å². The fourth-order valence-corrected chi connectivity index (χ4v) is 8.36. The minimum Gasteiger partial charge on any atom is -1.00 e. The largest absolute Gasteiger partial charge is 1.00 e. The predicted molar refractivity (Wildman–Crippen MR) is 176 cm³/mol. The van der Waals surface area contributed by atoms with E-state index >= 15 is 0 Å². The van der Waals surface area contributed by atoms with Crippen LogP contribution in [0.5, 0.6) is 5.75 Å². The first-order valence-corrected chi connectivity index (χ1v) is 16.5. The van der Waals surface area contributed by atoms with Gasteiger partial charge in [-0.15, -0.1) is 6.58 Å². The van der Waals surface area contributed by atoms with E-state index in [-0.39, 0.29) is 40.0 Å². The lowest BCUT2D eigenvalue weighted by Gasteiger charge is -2.58. The van der Waals surface area contributed by atoms with Crippen molar-refractivity contribution in [2.45, 2.75) is 51.9 Å². The molecule has 0 radical (unpaired) electrons. The molecule has 3 aliphatic rings. The number of hydrogen-bond acceptors (Lipinski definition) is 2. The van der Waals surface area contributed by atoms with E-state index in [1.54, 1.807) is 7.11 Å². The first kappa shape index (κ1) is 35.3. The maximum absolute atomic E-state index is 12.4. The number of aryl methyl sites for hydroxylation is 2. The Kier molecular flexibility index (Phi) is 11.6. The van der Waals surface area contributed by atoms with Crippen molar-refractivity contribution in [2.75, 3.05) is 20.2 Å². The average Bonchev–Trinajstić information content (AvgIpc) is 3.00. The molecule has 0 spiro atoms. The molecule has 1 aromatic heterocycles. The zero-order valence-corrected chi connectivity index (χ0v) is 31.8. The molecular weight excluding hydrogens is 812 g/mol. The fourth-order valence-electron chi connectivity index (χ4n) is 7.62. The number of hydrogen-bond donors (Lipinski definition) is 1. The SMILES string of the molecule is C=C[C@@H]1C[N+]2(Cc3cc(C)ccc3Br)CCC1CC2[C@@H](O)c1cc[n+](Cc2cc(C)ccc2Br)c2ccc(OC)cc12.[Br-].[Br-]. The van der Waals surface area contributed by atoms with Crippen LogP contribution in [0.4, 0.5) is 0 Å². The number of ether oxygens (including phenoxy) is 1. The Balaban J connectivity index is 0.00000221. The van der Waals surface area contributed by atoms with Crippen molar-refractivity contribution >= 4 is 42.8 Å². The van der Waals surface area contributed by atoms with Crippen LogP contribution in [-0.4, -0.2) is 35.8 Å². The van der Waals surface area contributed by atoms with Crippen LogP contribution in [0.15, 0.2) is 88.5 Å². The van der Waals surface area contributed by atoms with Crippen molar-refractivity contribution in [2.24, 2.45) is 11.8 Å². The molecule has 8 heteroatoms. The number of methoxy groups -OCH3 is 1. The normalized spacial score (nSPS) is 23.0. The molecule has 234 valence electrons. The highest BCUT2D eigenvalue weighted by Crippen LogP contribution is 2.48. The highest BCUT2D eigenvalue weighted by atomic mass is 79.9. The molecule has 0 saturated carbocycles. The van der Waals surface area contributed by atoms with Crippen molar-refractivity contribution in [3.05, 3.63) is 116 Å². The van der Waals surface area contributed by atoms with Crippen molar-refractivity contribution in [1.29, 1.82) is 0 Å². The van der Waals surface area contributed by atoms with Gasteiger partial charge in [-0.2, -0.15) is 4.57 Å². The van der Waals surface area contributed by atoms with E-state index in [1.807, 2.05) is 6.07 Å². The standard InChI is InChI=1S/C36H40Br2N2O2.2BrH/c1-5-25-21-40(22-28-17-24(3)7-10-33(28)38)15-13-26(25)18-35(40)36(41)30-12-14-39(20-27-16-23(2)6-9-32(27)37)34-11-8-29(42-4)19-31(30)34;;/h5-12,14,16-17,19,25-26,35-36,41H,1,13,15,18,20-22H2,2-4H3;2*1H/q+2;;/p-2/t25-,26?,35?,36+,40?;;/m1../s1. The Morgan fingerprint density at radius 2 is 1.68 bits per heavy atom. The van der Waals surface area contributed by atoms with Crippen molar-refractivity contribution < 1.29 is 52.9 Å². The third-order valence-electron chi connectivity index (χ3n) is 9.85. The molecule has 0 amide bonds. The van der Waals surface area contributed by atoms with E-state index in [4.69, 9.17) is 4.74 Å². The van der Waals surface area contributed by atoms with Gasteiger partial charge in [-0.25, -0.2) is 0 Å². The third-order valence-corrected chi connectivity index (χ3v) is 11.4. The summed E-state index contributed by atoms with van der Waals surface area (Å²) in [6.45, 7) is 12.2. The van der Waals surface area contributed by atoms with Gasteiger partial charge in [0.1, 0.15) is 24.4 Å². The number of nitrogens with zero attached hydrogens (tertiary/aromatic N) is 2. The topological polar surface area (TPSA) is 33.3 Å². The molecule has 3 aromatic carbocycles. The quantitative estimate of drug-likeness (QED) is 0.168. The van der Waals surface area contributed by atoms with Crippen LogP contribution in [0.1, 0.15) is 46.8 Å². The van der Waals surface area contributed by atoms with E-state index in [0.29, 0.717) is 11.8 Å². The van der Waals surface area contributed by atoms with Crippen molar-refractivity contribution in [3.8, 4) is 5.75 Å². The molecule has 1 N–H and O–H groups in total. The maximum Gasteiger partial charge on any atom is 0.213 e. The fraction of sp³-hybridized carbons (Fsp3) is 0.361.